The van der Waals surface area contributed by atoms with Gasteiger partial charge in [0.2, 0.25) is 0 Å². The Morgan fingerprint density at radius 1 is 1.20 bits per heavy atom. The summed E-state index contributed by atoms with van der Waals surface area (Å²) in [5.74, 6) is 2.51. The van der Waals surface area contributed by atoms with Crippen molar-refractivity contribution in [3.8, 4) is 5.75 Å². The molecule has 1 aromatic carbocycles. The van der Waals surface area contributed by atoms with Gasteiger partial charge in [-0.05, 0) is 31.0 Å². The van der Waals surface area contributed by atoms with Gasteiger partial charge in [-0.15, -0.1) is 0 Å². The smallest absolute Gasteiger partial charge is 0.132 e. The van der Waals surface area contributed by atoms with Crippen LogP contribution in [0.25, 0.3) is 0 Å². The highest BCUT2D eigenvalue weighted by Gasteiger charge is 2.24. The van der Waals surface area contributed by atoms with Crippen LogP contribution in [0.1, 0.15) is 23.6 Å². The maximum absolute atomic E-state index is 5.21. The largest absolute Gasteiger partial charge is 0.497 e. The number of aryl methyl sites for hydroxylation is 1. The molecule has 104 valence electrons. The van der Waals surface area contributed by atoms with Crippen LogP contribution in [0.2, 0.25) is 0 Å². The van der Waals surface area contributed by atoms with Gasteiger partial charge < -0.3 is 9.64 Å². The number of ether oxygens (including phenoxy) is 1. The number of hydrogen-bond acceptors (Lipinski definition) is 4. The molecule has 1 saturated heterocycles. The van der Waals surface area contributed by atoms with Gasteiger partial charge in [0.15, 0.2) is 0 Å². The zero-order valence-electron chi connectivity index (χ0n) is 11.9. The molecule has 0 radical (unpaired) electrons. The summed E-state index contributed by atoms with van der Waals surface area (Å²) in [6.07, 6.45) is 2.81. The first-order valence-electron chi connectivity index (χ1n) is 6.94. The molecular weight excluding hydrogens is 250 g/mol. The highest BCUT2D eigenvalue weighted by atomic mass is 16.5. The number of rotatable bonds is 3. The highest BCUT2D eigenvalue weighted by Crippen LogP contribution is 2.30. The maximum atomic E-state index is 5.21. The third-order valence-electron chi connectivity index (χ3n) is 3.89. The number of benzene rings is 1. The van der Waals surface area contributed by atoms with Crippen molar-refractivity contribution >= 4 is 5.82 Å². The first-order chi connectivity index (χ1) is 9.76. The van der Waals surface area contributed by atoms with Gasteiger partial charge >= 0.3 is 0 Å². The number of methoxy groups -OCH3 is 1. The Morgan fingerprint density at radius 3 is 2.70 bits per heavy atom. The van der Waals surface area contributed by atoms with Crippen LogP contribution in [0.3, 0.4) is 0 Å². The van der Waals surface area contributed by atoms with Crippen LogP contribution in [0.5, 0.6) is 5.75 Å². The van der Waals surface area contributed by atoms with Gasteiger partial charge in [0.25, 0.3) is 0 Å². The van der Waals surface area contributed by atoms with Crippen molar-refractivity contribution in [1.29, 1.82) is 0 Å². The number of aromatic nitrogens is 2. The van der Waals surface area contributed by atoms with Crippen LogP contribution in [-0.4, -0.2) is 30.2 Å². The van der Waals surface area contributed by atoms with Gasteiger partial charge in [0.1, 0.15) is 17.9 Å². The van der Waals surface area contributed by atoms with Gasteiger partial charge in [-0.3, -0.25) is 0 Å². The Morgan fingerprint density at radius 2 is 2.00 bits per heavy atom. The van der Waals surface area contributed by atoms with Crippen LogP contribution in [0.15, 0.2) is 36.7 Å². The molecule has 1 aliphatic heterocycles. The van der Waals surface area contributed by atoms with E-state index in [0.29, 0.717) is 5.92 Å². The van der Waals surface area contributed by atoms with Gasteiger partial charge in [-0.2, -0.15) is 0 Å². The fourth-order valence-electron chi connectivity index (χ4n) is 2.73. The van der Waals surface area contributed by atoms with E-state index in [-0.39, 0.29) is 0 Å². The molecule has 1 aliphatic rings. The molecule has 0 spiro atoms. The fraction of sp³-hybridized carbons (Fsp3) is 0.375. The summed E-state index contributed by atoms with van der Waals surface area (Å²) in [6.45, 7) is 4.07. The Labute approximate surface area is 119 Å². The predicted octanol–water partition coefficient (Wildman–Crippen LogP) is 2.79. The lowest BCUT2D eigenvalue weighted by atomic mass is 9.98. The molecule has 4 heteroatoms. The van der Waals surface area contributed by atoms with E-state index in [0.717, 1.165) is 36.8 Å². The summed E-state index contributed by atoms with van der Waals surface area (Å²) in [5.41, 5.74) is 2.39. The lowest BCUT2D eigenvalue weighted by Gasteiger charge is -2.17. The van der Waals surface area contributed by atoms with Crippen molar-refractivity contribution in [3.63, 3.8) is 0 Å². The van der Waals surface area contributed by atoms with Crippen molar-refractivity contribution < 1.29 is 4.74 Å². The van der Waals surface area contributed by atoms with Gasteiger partial charge in [-0.25, -0.2) is 9.97 Å². The molecule has 2 aromatic rings. The first kappa shape index (κ1) is 12.9. The van der Waals surface area contributed by atoms with Crippen molar-refractivity contribution in [1.82, 2.24) is 9.97 Å². The zero-order valence-corrected chi connectivity index (χ0v) is 11.9. The van der Waals surface area contributed by atoms with E-state index < -0.39 is 0 Å². The molecular formula is C16H19N3O. The molecule has 4 nitrogen and oxygen atoms in total. The van der Waals surface area contributed by atoms with Crippen LogP contribution in [0.4, 0.5) is 5.82 Å². The normalized spacial score (nSPS) is 18.3. The fourth-order valence-corrected chi connectivity index (χ4v) is 2.73. The standard InChI is InChI=1S/C16H19N3O/c1-12-9-16(18-11-17-12)19-8-7-14(10-19)13-3-5-15(20-2)6-4-13/h3-6,9,11,14H,7-8,10H2,1-2H3. The number of nitrogens with zero attached hydrogens (tertiary/aromatic N) is 3. The monoisotopic (exact) mass is 269 g/mol. The van der Waals surface area contributed by atoms with Crippen LogP contribution >= 0.6 is 0 Å². The average Bonchev–Trinajstić information content (AvgIpc) is 2.97. The summed E-state index contributed by atoms with van der Waals surface area (Å²) in [4.78, 5) is 10.9. The zero-order chi connectivity index (χ0) is 13.9. The highest BCUT2D eigenvalue weighted by molar-refractivity contribution is 5.42. The molecule has 0 bridgehead atoms. The number of anilines is 1. The number of hydrogen-bond donors (Lipinski definition) is 0. The van der Waals surface area contributed by atoms with Crippen LogP contribution in [0, 0.1) is 6.92 Å². The first-order valence-corrected chi connectivity index (χ1v) is 6.94. The molecule has 1 unspecified atom stereocenters. The van der Waals surface area contributed by atoms with Crippen molar-refractivity contribution in [2.45, 2.75) is 19.3 Å². The van der Waals surface area contributed by atoms with E-state index in [1.807, 2.05) is 19.1 Å². The summed E-state index contributed by atoms with van der Waals surface area (Å²) in [5, 5.41) is 0. The van der Waals surface area contributed by atoms with E-state index in [9.17, 15) is 0 Å². The van der Waals surface area contributed by atoms with E-state index in [1.54, 1.807) is 13.4 Å². The lowest BCUT2D eigenvalue weighted by Crippen LogP contribution is -2.20. The van der Waals surface area contributed by atoms with E-state index in [4.69, 9.17) is 4.74 Å². The van der Waals surface area contributed by atoms with E-state index >= 15 is 0 Å². The van der Waals surface area contributed by atoms with Crippen molar-refractivity contribution in [3.05, 3.63) is 47.9 Å². The quantitative estimate of drug-likeness (QED) is 0.859. The second kappa shape index (κ2) is 5.49. The van der Waals surface area contributed by atoms with Crippen LogP contribution < -0.4 is 9.64 Å². The topological polar surface area (TPSA) is 38.2 Å². The molecule has 1 fully saturated rings. The summed E-state index contributed by atoms with van der Waals surface area (Å²) < 4.78 is 5.21. The second-order valence-electron chi connectivity index (χ2n) is 5.22. The van der Waals surface area contributed by atoms with Gasteiger partial charge in [0, 0.05) is 30.8 Å². The molecule has 1 atom stereocenters. The summed E-state index contributed by atoms with van der Waals surface area (Å²) in [6, 6.07) is 10.5. The lowest BCUT2D eigenvalue weighted by molar-refractivity contribution is 0.414. The summed E-state index contributed by atoms with van der Waals surface area (Å²) in [7, 11) is 1.70. The third-order valence-corrected chi connectivity index (χ3v) is 3.89. The molecule has 1 aromatic heterocycles. The molecule has 2 heterocycles. The summed E-state index contributed by atoms with van der Waals surface area (Å²) >= 11 is 0. The van der Waals surface area contributed by atoms with Gasteiger partial charge in [0.05, 0.1) is 7.11 Å². The SMILES string of the molecule is COc1ccc(C2CCN(c3cc(C)ncn3)C2)cc1. The van der Waals surface area contributed by atoms with Crippen LogP contribution in [-0.2, 0) is 0 Å². The van der Waals surface area contributed by atoms with Gasteiger partial charge in [-0.1, -0.05) is 12.1 Å². The Hall–Kier alpha value is -2.10. The molecule has 0 amide bonds. The molecule has 0 aliphatic carbocycles. The maximum Gasteiger partial charge on any atom is 0.132 e. The molecule has 20 heavy (non-hydrogen) atoms. The third kappa shape index (κ3) is 2.59. The van der Waals surface area contributed by atoms with E-state index in [2.05, 4.69) is 33.1 Å². The Kier molecular flexibility index (Phi) is 3.54. The second-order valence-corrected chi connectivity index (χ2v) is 5.22. The van der Waals surface area contributed by atoms with Crippen molar-refractivity contribution in [2.24, 2.45) is 0 Å². The van der Waals surface area contributed by atoms with E-state index in [1.165, 1.54) is 5.56 Å². The molecule has 3 rings (SSSR count). The Bertz CT molecular complexity index is 583. The Balaban J connectivity index is 1.72. The average molecular weight is 269 g/mol. The minimum atomic E-state index is 0.566. The minimum absolute atomic E-state index is 0.566. The predicted molar refractivity (Wildman–Crippen MR) is 79.3 cm³/mol. The minimum Gasteiger partial charge on any atom is -0.497 e. The molecule has 0 N–H and O–H groups in total. The van der Waals surface area contributed by atoms with Crippen molar-refractivity contribution in [2.75, 3.05) is 25.1 Å². The molecule has 0 saturated carbocycles.